The maximum Gasteiger partial charge on any atom is 0.303 e. The van der Waals surface area contributed by atoms with Crippen LogP contribution in [0.5, 0.6) is 0 Å². The molecule has 1 spiro atoms. The molecular weight excluding hydrogens is 256 g/mol. The van der Waals surface area contributed by atoms with Crippen molar-refractivity contribution in [3.05, 3.63) is 0 Å². The number of carbonyl (C=O) groups is 2. The molecule has 1 atom stereocenters. The molecule has 1 amide bonds. The topological polar surface area (TPSA) is 60.9 Å². The smallest absolute Gasteiger partial charge is 0.303 e. The first-order valence-corrected chi connectivity index (χ1v) is 7.70. The fourth-order valence-corrected chi connectivity index (χ4v) is 3.58. The van der Waals surface area contributed by atoms with Crippen LogP contribution in [0.2, 0.25) is 0 Å². The van der Waals surface area contributed by atoms with Crippen LogP contribution in [-0.2, 0) is 9.59 Å². The van der Waals surface area contributed by atoms with Crippen molar-refractivity contribution in [2.75, 3.05) is 26.2 Å². The lowest BCUT2D eigenvalue weighted by molar-refractivity contribution is -0.147. The number of hydrogen-bond acceptors (Lipinski definition) is 3. The summed E-state index contributed by atoms with van der Waals surface area (Å²) in [6, 6.07) is 0.278. The molecule has 0 aliphatic carbocycles. The number of nitrogens with zero attached hydrogens (tertiary/aromatic N) is 2. The third kappa shape index (κ3) is 3.14. The van der Waals surface area contributed by atoms with Gasteiger partial charge in [0.2, 0.25) is 5.91 Å². The van der Waals surface area contributed by atoms with Gasteiger partial charge in [-0.2, -0.15) is 0 Å². The number of carboxylic acid groups (broad SMARTS) is 1. The summed E-state index contributed by atoms with van der Waals surface area (Å²) < 4.78 is 0. The quantitative estimate of drug-likeness (QED) is 0.831. The fraction of sp³-hybridized carbons (Fsp3) is 0.867. The Morgan fingerprint density at radius 2 is 2.10 bits per heavy atom. The molecule has 0 aromatic rings. The maximum atomic E-state index is 12.7. The van der Waals surface area contributed by atoms with E-state index in [4.69, 9.17) is 5.11 Å². The third-order valence-electron chi connectivity index (χ3n) is 4.69. The SMILES string of the molecule is CC(C)N1CCC[C@]2(CCN(CCCC(=O)O)C2)C1=O. The van der Waals surface area contributed by atoms with E-state index in [0.717, 1.165) is 45.4 Å². The summed E-state index contributed by atoms with van der Waals surface area (Å²) in [5, 5.41) is 8.69. The second-order valence-corrected chi connectivity index (χ2v) is 6.50. The van der Waals surface area contributed by atoms with Crippen molar-refractivity contribution in [3.8, 4) is 0 Å². The number of carboxylic acids is 1. The molecule has 5 heteroatoms. The van der Waals surface area contributed by atoms with Gasteiger partial charge in [-0.05, 0) is 52.6 Å². The molecular formula is C15H26N2O3. The molecule has 1 N–H and O–H groups in total. The average molecular weight is 282 g/mol. The van der Waals surface area contributed by atoms with Gasteiger partial charge in [-0.1, -0.05) is 0 Å². The fourth-order valence-electron chi connectivity index (χ4n) is 3.58. The first-order valence-electron chi connectivity index (χ1n) is 7.70. The lowest BCUT2D eigenvalue weighted by atomic mass is 9.78. The highest BCUT2D eigenvalue weighted by Gasteiger charge is 2.48. The molecule has 0 saturated carbocycles. The lowest BCUT2D eigenvalue weighted by Gasteiger charge is -2.41. The molecule has 0 aromatic heterocycles. The first-order chi connectivity index (χ1) is 9.44. The number of amides is 1. The molecule has 0 unspecified atom stereocenters. The van der Waals surface area contributed by atoms with Crippen LogP contribution in [0.3, 0.4) is 0 Å². The van der Waals surface area contributed by atoms with Crippen molar-refractivity contribution in [2.45, 2.75) is 52.0 Å². The van der Waals surface area contributed by atoms with Crippen LogP contribution in [0, 0.1) is 5.41 Å². The number of aliphatic carboxylic acids is 1. The summed E-state index contributed by atoms with van der Waals surface area (Å²) in [6.07, 6.45) is 3.91. The van der Waals surface area contributed by atoms with E-state index in [1.165, 1.54) is 0 Å². The van der Waals surface area contributed by atoms with Gasteiger partial charge in [0, 0.05) is 25.6 Å². The number of carbonyl (C=O) groups excluding carboxylic acids is 1. The Labute approximate surface area is 120 Å². The Morgan fingerprint density at radius 1 is 1.35 bits per heavy atom. The number of hydrogen-bond donors (Lipinski definition) is 1. The number of piperidine rings is 1. The van der Waals surface area contributed by atoms with Gasteiger partial charge in [0.25, 0.3) is 0 Å². The molecule has 20 heavy (non-hydrogen) atoms. The zero-order valence-electron chi connectivity index (χ0n) is 12.6. The second kappa shape index (κ2) is 6.12. The van der Waals surface area contributed by atoms with E-state index in [-0.39, 0.29) is 17.9 Å². The molecule has 2 aliphatic rings. The molecule has 2 heterocycles. The summed E-state index contributed by atoms with van der Waals surface area (Å²) in [5.74, 6) is -0.418. The van der Waals surface area contributed by atoms with Gasteiger partial charge in [-0.3, -0.25) is 9.59 Å². The van der Waals surface area contributed by atoms with Gasteiger partial charge >= 0.3 is 5.97 Å². The standard InChI is InChI=1S/C15H26N2O3/c1-12(2)17-9-4-6-15(14(17)20)7-10-16(11-15)8-3-5-13(18)19/h12H,3-11H2,1-2H3,(H,18,19)/t15-/m1/s1. The molecule has 2 rings (SSSR count). The molecule has 2 fully saturated rings. The van der Waals surface area contributed by atoms with Crippen LogP contribution < -0.4 is 0 Å². The Bertz CT molecular complexity index is 383. The summed E-state index contributed by atoms with van der Waals surface area (Å²) in [6.45, 7) is 7.58. The zero-order valence-corrected chi connectivity index (χ0v) is 12.6. The van der Waals surface area contributed by atoms with Crippen molar-refractivity contribution >= 4 is 11.9 Å². The second-order valence-electron chi connectivity index (χ2n) is 6.50. The largest absolute Gasteiger partial charge is 0.481 e. The van der Waals surface area contributed by atoms with E-state index in [1.807, 2.05) is 4.90 Å². The van der Waals surface area contributed by atoms with E-state index in [0.29, 0.717) is 12.3 Å². The Hall–Kier alpha value is -1.10. The molecule has 2 aliphatic heterocycles. The van der Waals surface area contributed by atoms with Crippen molar-refractivity contribution in [2.24, 2.45) is 5.41 Å². The van der Waals surface area contributed by atoms with E-state index in [9.17, 15) is 9.59 Å². The molecule has 0 aromatic carbocycles. The zero-order chi connectivity index (χ0) is 14.8. The van der Waals surface area contributed by atoms with Gasteiger partial charge in [0.1, 0.15) is 0 Å². The summed E-state index contributed by atoms with van der Waals surface area (Å²) in [7, 11) is 0. The molecule has 114 valence electrons. The normalized spacial score (nSPS) is 27.8. The van der Waals surface area contributed by atoms with Crippen LogP contribution in [-0.4, -0.2) is 59.0 Å². The van der Waals surface area contributed by atoms with Gasteiger partial charge in [-0.15, -0.1) is 0 Å². The number of likely N-dealkylation sites (tertiary alicyclic amines) is 2. The number of rotatable bonds is 5. The Kier molecular flexibility index (Phi) is 4.68. The van der Waals surface area contributed by atoms with E-state index in [1.54, 1.807) is 0 Å². The van der Waals surface area contributed by atoms with Gasteiger partial charge in [-0.25, -0.2) is 0 Å². The molecule has 0 bridgehead atoms. The summed E-state index contributed by atoms with van der Waals surface area (Å²) >= 11 is 0. The highest BCUT2D eigenvalue weighted by Crippen LogP contribution is 2.40. The minimum absolute atomic E-state index is 0.189. The van der Waals surface area contributed by atoms with Gasteiger partial charge in [0.05, 0.1) is 5.41 Å². The minimum atomic E-state index is -0.737. The molecule has 2 saturated heterocycles. The highest BCUT2D eigenvalue weighted by atomic mass is 16.4. The third-order valence-corrected chi connectivity index (χ3v) is 4.69. The van der Waals surface area contributed by atoms with Crippen molar-refractivity contribution in [1.29, 1.82) is 0 Å². The van der Waals surface area contributed by atoms with Crippen LogP contribution in [0.25, 0.3) is 0 Å². The predicted molar refractivity (Wildman–Crippen MR) is 76.4 cm³/mol. The molecule has 5 nitrogen and oxygen atoms in total. The Morgan fingerprint density at radius 3 is 2.75 bits per heavy atom. The summed E-state index contributed by atoms with van der Waals surface area (Å²) in [5.41, 5.74) is -0.189. The van der Waals surface area contributed by atoms with Gasteiger partial charge < -0.3 is 14.9 Å². The Balaban J connectivity index is 1.92. The maximum absolute atomic E-state index is 12.7. The monoisotopic (exact) mass is 282 g/mol. The lowest BCUT2D eigenvalue weighted by Crippen LogP contribution is -2.52. The van der Waals surface area contributed by atoms with Crippen LogP contribution >= 0.6 is 0 Å². The minimum Gasteiger partial charge on any atom is -0.481 e. The van der Waals surface area contributed by atoms with Crippen LogP contribution in [0.15, 0.2) is 0 Å². The van der Waals surface area contributed by atoms with E-state index >= 15 is 0 Å². The van der Waals surface area contributed by atoms with Gasteiger partial charge in [0.15, 0.2) is 0 Å². The van der Waals surface area contributed by atoms with Crippen molar-refractivity contribution < 1.29 is 14.7 Å². The van der Waals surface area contributed by atoms with Crippen LogP contribution in [0.1, 0.15) is 46.0 Å². The summed E-state index contributed by atoms with van der Waals surface area (Å²) in [4.78, 5) is 27.6. The molecule has 0 radical (unpaired) electrons. The van der Waals surface area contributed by atoms with E-state index < -0.39 is 5.97 Å². The van der Waals surface area contributed by atoms with E-state index in [2.05, 4.69) is 18.7 Å². The van der Waals surface area contributed by atoms with Crippen molar-refractivity contribution in [3.63, 3.8) is 0 Å². The highest BCUT2D eigenvalue weighted by molar-refractivity contribution is 5.84. The van der Waals surface area contributed by atoms with Crippen molar-refractivity contribution in [1.82, 2.24) is 9.80 Å². The first kappa shape index (κ1) is 15.3. The predicted octanol–water partition coefficient (Wildman–Crippen LogP) is 1.57. The average Bonchev–Trinajstić information content (AvgIpc) is 2.77. The van der Waals surface area contributed by atoms with Crippen LogP contribution in [0.4, 0.5) is 0 Å².